The van der Waals surface area contributed by atoms with Gasteiger partial charge < -0.3 is 14.8 Å². The molecule has 2 aliphatic rings. The molecule has 0 amide bonds. The molecule has 2 aromatic rings. The first-order valence-corrected chi connectivity index (χ1v) is 9.10. The lowest BCUT2D eigenvalue weighted by Crippen LogP contribution is -2.30. The van der Waals surface area contributed by atoms with Crippen molar-refractivity contribution in [2.24, 2.45) is 5.92 Å². The zero-order valence-corrected chi connectivity index (χ0v) is 15.1. The van der Waals surface area contributed by atoms with E-state index in [4.69, 9.17) is 9.47 Å². The van der Waals surface area contributed by atoms with E-state index in [1.807, 2.05) is 37.3 Å². The van der Waals surface area contributed by atoms with Gasteiger partial charge in [-0.2, -0.15) is 0 Å². The lowest BCUT2D eigenvalue weighted by Gasteiger charge is -2.38. The number of anilines is 1. The monoisotopic (exact) mass is 349 g/mol. The van der Waals surface area contributed by atoms with Crippen LogP contribution < -0.4 is 10.1 Å². The molecule has 2 aromatic carbocycles. The van der Waals surface area contributed by atoms with Crippen LogP contribution in [-0.2, 0) is 4.74 Å². The van der Waals surface area contributed by atoms with Crippen LogP contribution in [0.1, 0.15) is 46.8 Å². The molecule has 0 saturated heterocycles. The van der Waals surface area contributed by atoms with Gasteiger partial charge in [0.2, 0.25) is 0 Å². The van der Waals surface area contributed by atoms with Crippen LogP contribution in [0.25, 0.3) is 0 Å². The molecule has 1 heterocycles. The molecule has 0 bridgehead atoms. The smallest absolute Gasteiger partial charge is 0.339 e. The normalized spacial score (nSPS) is 22.9. The summed E-state index contributed by atoms with van der Waals surface area (Å²) in [5, 5.41) is 3.65. The number of nitrogens with one attached hydrogen (secondary N) is 1. The molecule has 0 spiro atoms. The topological polar surface area (TPSA) is 47.6 Å². The average Bonchev–Trinajstić information content (AvgIpc) is 3.17. The lowest BCUT2D eigenvalue weighted by molar-refractivity contribution is 0.0601. The number of carbonyl (C=O) groups excluding carboxylic acids is 1. The minimum atomic E-state index is -0.313. The van der Waals surface area contributed by atoms with Crippen LogP contribution in [0.4, 0.5) is 5.69 Å². The van der Waals surface area contributed by atoms with Gasteiger partial charge in [-0.1, -0.05) is 42.5 Å². The molecule has 26 heavy (non-hydrogen) atoms. The largest absolute Gasteiger partial charge is 0.494 e. The van der Waals surface area contributed by atoms with E-state index < -0.39 is 0 Å². The summed E-state index contributed by atoms with van der Waals surface area (Å²) in [6, 6.07) is 14.1. The second kappa shape index (κ2) is 6.87. The maximum absolute atomic E-state index is 12.3. The summed E-state index contributed by atoms with van der Waals surface area (Å²) in [5.41, 5.74) is 3.77. The first-order valence-electron chi connectivity index (χ1n) is 9.10. The fourth-order valence-electron chi connectivity index (χ4n) is 4.23. The minimum Gasteiger partial charge on any atom is -0.494 e. The Hall–Kier alpha value is -2.75. The van der Waals surface area contributed by atoms with Gasteiger partial charge in [-0.25, -0.2) is 4.79 Å². The SMILES string of the molecule is CCOc1ccccc1C1Nc2c(C(=O)OC)cccc2C2C=CCC21. The molecule has 4 nitrogen and oxygen atoms in total. The molecule has 1 aliphatic carbocycles. The zero-order chi connectivity index (χ0) is 18.1. The Morgan fingerprint density at radius 3 is 2.77 bits per heavy atom. The van der Waals surface area contributed by atoms with E-state index in [-0.39, 0.29) is 17.9 Å². The van der Waals surface area contributed by atoms with Crippen molar-refractivity contribution in [1.29, 1.82) is 0 Å². The van der Waals surface area contributed by atoms with Crippen molar-refractivity contribution in [3.63, 3.8) is 0 Å². The molecule has 3 atom stereocenters. The molecular formula is C22H23NO3. The summed E-state index contributed by atoms with van der Waals surface area (Å²) in [6.45, 7) is 2.62. The van der Waals surface area contributed by atoms with Crippen LogP contribution in [0.5, 0.6) is 5.75 Å². The number of methoxy groups -OCH3 is 1. The molecule has 3 unspecified atom stereocenters. The van der Waals surface area contributed by atoms with E-state index in [2.05, 4.69) is 29.6 Å². The fraction of sp³-hybridized carbons (Fsp3) is 0.318. The lowest BCUT2D eigenvalue weighted by atomic mass is 9.76. The molecule has 4 heteroatoms. The van der Waals surface area contributed by atoms with Crippen molar-refractivity contribution < 1.29 is 14.3 Å². The van der Waals surface area contributed by atoms with Crippen molar-refractivity contribution in [2.75, 3.05) is 19.0 Å². The highest BCUT2D eigenvalue weighted by Gasteiger charge is 2.40. The molecule has 1 aliphatic heterocycles. The minimum absolute atomic E-state index is 0.0797. The second-order valence-corrected chi connectivity index (χ2v) is 6.71. The number of hydrogen-bond donors (Lipinski definition) is 1. The fourth-order valence-corrected chi connectivity index (χ4v) is 4.23. The van der Waals surface area contributed by atoms with E-state index in [9.17, 15) is 4.79 Å². The Bertz CT molecular complexity index is 858. The van der Waals surface area contributed by atoms with Crippen molar-refractivity contribution >= 4 is 11.7 Å². The molecule has 4 rings (SSSR count). The third-order valence-corrected chi connectivity index (χ3v) is 5.36. The zero-order valence-electron chi connectivity index (χ0n) is 15.1. The second-order valence-electron chi connectivity index (χ2n) is 6.71. The Labute approximate surface area is 153 Å². The quantitative estimate of drug-likeness (QED) is 0.642. The first kappa shape index (κ1) is 16.7. The molecule has 1 N–H and O–H groups in total. The van der Waals surface area contributed by atoms with Gasteiger partial charge >= 0.3 is 5.97 Å². The van der Waals surface area contributed by atoms with Gasteiger partial charge in [0.25, 0.3) is 0 Å². The number of fused-ring (bicyclic) bond motifs is 3. The van der Waals surface area contributed by atoms with Gasteiger partial charge in [-0.05, 0) is 37.0 Å². The van der Waals surface area contributed by atoms with Crippen LogP contribution in [0.15, 0.2) is 54.6 Å². The molecule has 134 valence electrons. The van der Waals surface area contributed by atoms with Gasteiger partial charge in [0.05, 0.1) is 31.0 Å². The van der Waals surface area contributed by atoms with E-state index >= 15 is 0 Å². The molecular weight excluding hydrogens is 326 g/mol. The Morgan fingerprint density at radius 1 is 1.15 bits per heavy atom. The number of para-hydroxylation sites is 2. The number of benzene rings is 2. The summed E-state index contributed by atoms with van der Waals surface area (Å²) in [6.07, 6.45) is 5.51. The number of ether oxygens (including phenoxy) is 2. The molecule has 0 fully saturated rings. The van der Waals surface area contributed by atoms with Gasteiger partial charge in [0.1, 0.15) is 5.75 Å². The van der Waals surface area contributed by atoms with E-state index in [1.165, 1.54) is 7.11 Å². The van der Waals surface area contributed by atoms with Crippen molar-refractivity contribution in [1.82, 2.24) is 0 Å². The van der Waals surface area contributed by atoms with Crippen LogP contribution in [0.2, 0.25) is 0 Å². The number of hydrogen-bond acceptors (Lipinski definition) is 4. The summed E-state index contributed by atoms with van der Waals surface area (Å²) < 4.78 is 10.9. The number of allylic oxidation sites excluding steroid dienone is 2. The van der Waals surface area contributed by atoms with Gasteiger partial charge in [-0.15, -0.1) is 0 Å². The maximum Gasteiger partial charge on any atom is 0.339 e. The third-order valence-electron chi connectivity index (χ3n) is 5.36. The molecule has 0 aromatic heterocycles. The standard InChI is InChI=1S/C22H23NO3/c1-3-26-19-13-5-4-8-17(19)20-15-10-6-9-14(15)16-11-7-12-18(21(16)23-20)22(24)25-2/h4-9,11-15,20,23H,3,10H2,1-2H3. The van der Waals surface area contributed by atoms with E-state index in [0.29, 0.717) is 18.1 Å². The Morgan fingerprint density at radius 2 is 1.96 bits per heavy atom. The summed E-state index contributed by atoms with van der Waals surface area (Å²) in [7, 11) is 1.42. The molecule has 0 saturated carbocycles. The highest BCUT2D eigenvalue weighted by molar-refractivity contribution is 5.97. The van der Waals surface area contributed by atoms with Crippen LogP contribution in [0, 0.1) is 5.92 Å². The van der Waals surface area contributed by atoms with Gasteiger partial charge in [-0.3, -0.25) is 0 Å². The van der Waals surface area contributed by atoms with Gasteiger partial charge in [0.15, 0.2) is 0 Å². The average molecular weight is 349 g/mol. The van der Waals surface area contributed by atoms with Crippen LogP contribution >= 0.6 is 0 Å². The van der Waals surface area contributed by atoms with Crippen molar-refractivity contribution in [3.8, 4) is 5.75 Å². The summed E-state index contributed by atoms with van der Waals surface area (Å²) >= 11 is 0. The summed E-state index contributed by atoms with van der Waals surface area (Å²) in [5.74, 6) is 1.27. The van der Waals surface area contributed by atoms with E-state index in [0.717, 1.165) is 29.0 Å². The van der Waals surface area contributed by atoms with Crippen LogP contribution in [-0.4, -0.2) is 19.7 Å². The summed E-state index contributed by atoms with van der Waals surface area (Å²) in [4.78, 5) is 12.3. The Balaban J connectivity index is 1.83. The van der Waals surface area contributed by atoms with Crippen molar-refractivity contribution in [3.05, 3.63) is 71.3 Å². The third kappa shape index (κ3) is 2.66. The predicted molar refractivity (Wildman–Crippen MR) is 102 cm³/mol. The van der Waals surface area contributed by atoms with E-state index in [1.54, 1.807) is 0 Å². The number of rotatable bonds is 4. The maximum atomic E-state index is 12.3. The Kier molecular flexibility index (Phi) is 4.41. The highest BCUT2D eigenvalue weighted by atomic mass is 16.5. The van der Waals surface area contributed by atoms with Crippen LogP contribution in [0.3, 0.4) is 0 Å². The number of esters is 1. The predicted octanol–water partition coefficient (Wildman–Crippen LogP) is 4.70. The highest BCUT2D eigenvalue weighted by Crippen LogP contribution is 2.51. The first-order chi connectivity index (χ1) is 12.7. The van der Waals surface area contributed by atoms with Crippen molar-refractivity contribution in [2.45, 2.75) is 25.3 Å². The molecule has 0 radical (unpaired) electrons. The number of carbonyl (C=O) groups is 1. The van der Waals surface area contributed by atoms with Gasteiger partial charge in [0, 0.05) is 11.5 Å².